The van der Waals surface area contributed by atoms with E-state index in [0.717, 1.165) is 11.1 Å². The molecular weight excluding hydrogens is 212 g/mol. The van der Waals surface area contributed by atoms with E-state index in [9.17, 15) is 5.11 Å². The van der Waals surface area contributed by atoms with Gasteiger partial charge in [0.25, 0.3) is 0 Å². The first-order valence-corrected chi connectivity index (χ1v) is 6.17. The van der Waals surface area contributed by atoms with Gasteiger partial charge in [0, 0.05) is 5.39 Å². The molecule has 0 saturated heterocycles. The average Bonchev–Trinajstić information content (AvgIpc) is 2.77. The number of fused-ring (bicyclic) bond motifs is 1. The van der Waals surface area contributed by atoms with Crippen molar-refractivity contribution in [3.63, 3.8) is 0 Å². The maximum Gasteiger partial charge on any atom is 0.137 e. The number of furan rings is 1. The molecule has 1 N–H and O–H groups in total. The van der Waals surface area contributed by atoms with Gasteiger partial charge in [-0.3, -0.25) is 0 Å². The second-order valence-electron chi connectivity index (χ2n) is 5.02. The third-order valence-corrected chi connectivity index (χ3v) is 3.89. The lowest BCUT2D eigenvalue weighted by molar-refractivity contribution is 0.122. The summed E-state index contributed by atoms with van der Waals surface area (Å²) < 4.78 is 5.52. The molecule has 2 rings (SSSR count). The van der Waals surface area contributed by atoms with Gasteiger partial charge in [0.05, 0.1) is 12.4 Å². The molecule has 1 heterocycles. The van der Waals surface area contributed by atoms with Crippen molar-refractivity contribution < 1.29 is 9.52 Å². The van der Waals surface area contributed by atoms with E-state index in [2.05, 4.69) is 32.9 Å². The average molecular weight is 232 g/mol. The first-order chi connectivity index (χ1) is 8.02. The predicted molar refractivity (Wildman–Crippen MR) is 70.2 cm³/mol. The summed E-state index contributed by atoms with van der Waals surface area (Å²) in [6.45, 7) is 8.15. The SMILES string of the molecule is Cc1ccc(C(C)C(C)C(C)O)c2ccoc12. The molecule has 17 heavy (non-hydrogen) atoms. The zero-order valence-corrected chi connectivity index (χ0v) is 10.9. The molecular formula is C15H20O2. The molecule has 2 heteroatoms. The van der Waals surface area contributed by atoms with Crippen LogP contribution in [0.5, 0.6) is 0 Å². The molecule has 0 amide bonds. The highest BCUT2D eigenvalue weighted by Crippen LogP contribution is 2.33. The van der Waals surface area contributed by atoms with Crippen molar-refractivity contribution in [2.75, 3.05) is 0 Å². The van der Waals surface area contributed by atoms with Gasteiger partial charge in [-0.1, -0.05) is 26.0 Å². The van der Waals surface area contributed by atoms with E-state index < -0.39 is 0 Å². The smallest absolute Gasteiger partial charge is 0.137 e. The topological polar surface area (TPSA) is 33.4 Å². The Labute approximate surface area is 102 Å². The van der Waals surface area contributed by atoms with Crippen LogP contribution >= 0.6 is 0 Å². The van der Waals surface area contributed by atoms with Crippen molar-refractivity contribution in [3.05, 3.63) is 35.6 Å². The summed E-state index contributed by atoms with van der Waals surface area (Å²) in [5.74, 6) is 0.548. The van der Waals surface area contributed by atoms with Crippen molar-refractivity contribution in [1.82, 2.24) is 0 Å². The van der Waals surface area contributed by atoms with E-state index in [1.165, 1.54) is 10.9 Å². The maximum atomic E-state index is 9.71. The number of rotatable bonds is 3. The van der Waals surface area contributed by atoms with Crippen molar-refractivity contribution in [2.45, 2.75) is 39.7 Å². The minimum atomic E-state index is -0.298. The molecule has 0 radical (unpaired) electrons. The Bertz CT molecular complexity index is 511. The lowest BCUT2D eigenvalue weighted by Gasteiger charge is -2.23. The Hall–Kier alpha value is -1.28. The molecule has 1 aromatic carbocycles. The number of benzene rings is 1. The molecule has 2 aromatic rings. The van der Waals surface area contributed by atoms with E-state index in [-0.39, 0.29) is 12.0 Å². The van der Waals surface area contributed by atoms with Crippen LogP contribution < -0.4 is 0 Å². The van der Waals surface area contributed by atoms with E-state index in [4.69, 9.17) is 4.42 Å². The maximum absolute atomic E-state index is 9.71. The van der Waals surface area contributed by atoms with E-state index in [1.807, 2.05) is 13.0 Å². The van der Waals surface area contributed by atoms with Crippen LogP contribution in [0.25, 0.3) is 11.0 Å². The molecule has 0 saturated carbocycles. The molecule has 0 spiro atoms. The van der Waals surface area contributed by atoms with Crippen LogP contribution in [0.3, 0.4) is 0 Å². The van der Waals surface area contributed by atoms with Gasteiger partial charge in [-0.05, 0) is 42.9 Å². The van der Waals surface area contributed by atoms with E-state index >= 15 is 0 Å². The van der Waals surface area contributed by atoms with Crippen LogP contribution in [0.2, 0.25) is 0 Å². The third-order valence-electron chi connectivity index (χ3n) is 3.89. The van der Waals surface area contributed by atoms with Gasteiger partial charge in [-0.15, -0.1) is 0 Å². The number of aliphatic hydroxyl groups excluding tert-OH is 1. The molecule has 0 aliphatic heterocycles. The fourth-order valence-electron chi connectivity index (χ4n) is 2.32. The summed E-state index contributed by atoms with van der Waals surface area (Å²) in [4.78, 5) is 0. The summed E-state index contributed by atoms with van der Waals surface area (Å²) in [5.41, 5.74) is 3.38. The Morgan fingerprint density at radius 2 is 1.82 bits per heavy atom. The van der Waals surface area contributed by atoms with E-state index in [1.54, 1.807) is 6.26 Å². The minimum absolute atomic E-state index is 0.232. The van der Waals surface area contributed by atoms with Crippen LogP contribution in [-0.4, -0.2) is 11.2 Å². The standard InChI is InChI=1S/C15H20O2/c1-9-5-6-13(11(3)10(2)12(4)16)14-7-8-17-15(9)14/h5-8,10-12,16H,1-4H3. The quantitative estimate of drug-likeness (QED) is 0.871. The van der Waals surface area contributed by atoms with Gasteiger partial charge in [-0.25, -0.2) is 0 Å². The summed E-state index contributed by atoms with van der Waals surface area (Å²) in [5, 5.41) is 10.9. The van der Waals surface area contributed by atoms with Gasteiger partial charge >= 0.3 is 0 Å². The highest BCUT2D eigenvalue weighted by Gasteiger charge is 2.21. The van der Waals surface area contributed by atoms with Crippen molar-refractivity contribution in [3.8, 4) is 0 Å². The molecule has 0 aliphatic rings. The van der Waals surface area contributed by atoms with Gasteiger partial charge in [-0.2, -0.15) is 0 Å². The molecule has 0 aliphatic carbocycles. The summed E-state index contributed by atoms with van der Waals surface area (Å²) in [7, 11) is 0. The van der Waals surface area contributed by atoms with Crippen LogP contribution in [0.15, 0.2) is 28.9 Å². The van der Waals surface area contributed by atoms with Crippen LogP contribution in [-0.2, 0) is 0 Å². The number of hydrogen-bond donors (Lipinski definition) is 1. The monoisotopic (exact) mass is 232 g/mol. The lowest BCUT2D eigenvalue weighted by Crippen LogP contribution is -2.19. The van der Waals surface area contributed by atoms with Crippen molar-refractivity contribution in [1.29, 1.82) is 0 Å². The molecule has 1 aromatic heterocycles. The first-order valence-electron chi connectivity index (χ1n) is 6.17. The zero-order valence-electron chi connectivity index (χ0n) is 10.9. The Balaban J connectivity index is 2.49. The molecule has 0 bridgehead atoms. The fraction of sp³-hybridized carbons (Fsp3) is 0.467. The van der Waals surface area contributed by atoms with E-state index in [0.29, 0.717) is 5.92 Å². The Kier molecular flexibility index (Phi) is 3.25. The predicted octanol–water partition coefficient (Wildman–Crippen LogP) is 3.86. The Morgan fingerprint density at radius 3 is 2.47 bits per heavy atom. The minimum Gasteiger partial charge on any atom is -0.464 e. The fourth-order valence-corrected chi connectivity index (χ4v) is 2.32. The molecule has 3 unspecified atom stereocenters. The number of hydrogen-bond acceptors (Lipinski definition) is 2. The second-order valence-corrected chi connectivity index (χ2v) is 5.02. The van der Waals surface area contributed by atoms with Crippen molar-refractivity contribution >= 4 is 11.0 Å². The second kappa shape index (κ2) is 4.53. The lowest BCUT2D eigenvalue weighted by atomic mass is 9.84. The Morgan fingerprint density at radius 1 is 1.12 bits per heavy atom. The van der Waals surface area contributed by atoms with Gasteiger partial charge in [0.15, 0.2) is 0 Å². The summed E-state index contributed by atoms with van der Waals surface area (Å²) in [6.07, 6.45) is 1.44. The van der Waals surface area contributed by atoms with Crippen LogP contribution in [0, 0.1) is 12.8 Å². The summed E-state index contributed by atoms with van der Waals surface area (Å²) >= 11 is 0. The number of aryl methyl sites for hydroxylation is 1. The molecule has 2 nitrogen and oxygen atoms in total. The van der Waals surface area contributed by atoms with Gasteiger partial charge in [0.1, 0.15) is 5.58 Å². The molecule has 0 fully saturated rings. The van der Waals surface area contributed by atoms with Crippen LogP contribution in [0.4, 0.5) is 0 Å². The third kappa shape index (κ3) is 2.09. The normalized spacial score (nSPS) is 17.0. The van der Waals surface area contributed by atoms with Gasteiger partial charge in [0.2, 0.25) is 0 Å². The highest BCUT2D eigenvalue weighted by atomic mass is 16.3. The van der Waals surface area contributed by atoms with Crippen molar-refractivity contribution in [2.24, 2.45) is 5.92 Å². The van der Waals surface area contributed by atoms with Crippen LogP contribution in [0.1, 0.15) is 37.8 Å². The number of aliphatic hydroxyl groups is 1. The largest absolute Gasteiger partial charge is 0.464 e. The molecule has 92 valence electrons. The highest BCUT2D eigenvalue weighted by molar-refractivity contribution is 5.84. The van der Waals surface area contributed by atoms with Gasteiger partial charge < -0.3 is 9.52 Å². The first kappa shape index (κ1) is 12.2. The zero-order chi connectivity index (χ0) is 12.6. The molecule has 3 atom stereocenters. The summed E-state index contributed by atoms with van der Waals surface area (Å²) in [6, 6.07) is 6.26.